The highest BCUT2D eigenvalue weighted by Gasteiger charge is 2.01. The first-order valence-electron chi connectivity index (χ1n) is 5.56. The van der Waals surface area contributed by atoms with E-state index in [-0.39, 0.29) is 6.10 Å². The van der Waals surface area contributed by atoms with Gasteiger partial charge in [0.05, 0.1) is 12.7 Å². The summed E-state index contributed by atoms with van der Waals surface area (Å²) in [5.74, 6) is 0.888. The van der Waals surface area contributed by atoms with Gasteiger partial charge in [-0.2, -0.15) is 0 Å². The minimum Gasteiger partial charge on any atom is -0.493 e. The van der Waals surface area contributed by atoms with E-state index in [1.165, 1.54) is 5.39 Å². The number of ether oxygens (including phenoxy) is 1. The van der Waals surface area contributed by atoms with E-state index in [1.807, 2.05) is 30.3 Å². The number of hydrogen-bond donors (Lipinski definition) is 1. The van der Waals surface area contributed by atoms with Gasteiger partial charge in [0.25, 0.3) is 0 Å². The summed E-state index contributed by atoms with van der Waals surface area (Å²) < 4.78 is 5.67. The van der Waals surface area contributed by atoms with Gasteiger partial charge in [0.1, 0.15) is 5.75 Å². The van der Waals surface area contributed by atoms with E-state index in [9.17, 15) is 0 Å². The third-order valence-corrected chi connectivity index (χ3v) is 2.54. The third-order valence-electron chi connectivity index (χ3n) is 2.54. The van der Waals surface area contributed by atoms with Crippen molar-refractivity contribution in [3.63, 3.8) is 0 Å². The number of benzene rings is 2. The highest BCUT2D eigenvalue weighted by atomic mass is 16.5. The van der Waals surface area contributed by atoms with Crippen LogP contribution < -0.4 is 4.74 Å². The predicted octanol–water partition coefficient (Wildman–Crippen LogP) is 2.99. The van der Waals surface area contributed by atoms with Gasteiger partial charge in [-0.3, -0.25) is 0 Å². The minimum absolute atomic E-state index is 0.310. The lowest BCUT2D eigenvalue weighted by molar-refractivity contribution is 0.156. The van der Waals surface area contributed by atoms with E-state index >= 15 is 0 Å². The molecule has 0 spiro atoms. The molecule has 0 bridgehead atoms. The standard InChI is InChI=1S/C14H16O2/c1-11(15)9-10-16-14-8-4-6-12-5-2-3-7-13(12)14/h2-8,11,15H,9-10H2,1H3. The molecule has 0 aromatic heterocycles. The van der Waals surface area contributed by atoms with Gasteiger partial charge < -0.3 is 9.84 Å². The van der Waals surface area contributed by atoms with E-state index in [4.69, 9.17) is 9.84 Å². The summed E-state index contributed by atoms with van der Waals surface area (Å²) in [6.45, 7) is 2.32. The van der Waals surface area contributed by atoms with E-state index < -0.39 is 0 Å². The van der Waals surface area contributed by atoms with Crippen LogP contribution in [0.15, 0.2) is 42.5 Å². The number of rotatable bonds is 4. The summed E-state index contributed by atoms with van der Waals surface area (Å²) in [7, 11) is 0. The van der Waals surface area contributed by atoms with Crippen molar-refractivity contribution in [3.8, 4) is 5.75 Å². The third kappa shape index (κ3) is 2.52. The molecule has 0 saturated carbocycles. The number of aliphatic hydroxyl groups is 1. The Kier molecular flexibility index (Phi) is 3.42. The zero-order valence-corrected chi connectivity index (χ0v) is 9.39. The molecule has 0 fully saturated rings. The Morgan fingerprint density at radius 2 is 1.88 bits per heavy atom. The number of hydrogen-bond acceptors (Lipinski definition) is 2. The zero-order chi connectivity index (χ0) is 11.4. The summed E-state index contributed by atoms with van der Waals surface area (Å²) in [6.07, 6.45) is 0.346. The summed E-state index contributed by atoms with van der Waals surface area (Å²) in [6, 6.07) is 14.1. The molecular formula is C14H16O2. The van der Waals surface area contributed by atoms with Crippen molar-refractivity contribution in [1.29, 1.82) is 0 Å². The zero-order valence-electron chi connectivity index (χ0n) is 9.39. The topological polar surface area (TPSA) is 29.5 Å². The number of aliphatic hydroxyl groups excluding tert-OH is 1. The van der Waals surface area contributed by atoms with E-state index in [0.29, 0.717) is 13.0 Å². The van der Waals surface area contributed by atoms with Crippen LogP contribution in [-0.2, 0) is 0 Å². The van der Waals surface area contributed by atoms with Crippen LogP contribution in [-0.4, -0.2) is 17.8 Å². The van der Waals surface area contributed by atoms with Crippen LogP contribution in [0, 0.1) is 0 Å². The molecule has 0 aliphatic rings. The smallest absolute Gasteiger partial charge is 0.127 e. The Hall–Kier alpha value is -1.54. The van der Waals surface area contributed by atoms with Gasteiger partial charge in [-0.05, 0) is 18.4 Å². The molecule has 1 atom stereocenters. The van der Waals surface area contributed by atoms with Crippen molar-refractivity contribution < 1.29 is 9.84 Å². The van der Waals surface area contributed by atoms with E-state index in [1.54, 1.807) is 6.92 Å². The molecule has 0 amide bonds. The molecule has 1 unspecified atom stereocenters. The molecule has 2 aromatic rings. The Bertz CT molecular complexity index is 458. The molecule has 0 saturated heterocycles. The lowest BCUT2D eigenvalue weighted by Gasteiger charge is -2.10. The van der Waals surface area contributed by atoms with Gasteiger partial charge in [-0.15, -0.1) is 0 Å². The largest absolute Gasteiger partial charge is 0.493 e. The maximum Gasteiger partial charge on any atom is 0.127 e. The molecule has 16 heavy (non-hydrogen) atoms. The second-order valence-corrected chi connectivity index (χ2v) is 3.96. The molecule has 0 aliphatic heterocycles. The maximum atomic E-state index is 9.16. The van der Waals surface area contributed by atoms with E-state index in [2.05, 4.69) is 12.1 Å². The van der Waals surface area contributed by atoms with Crippen molar-refractivity contribution >= 4 is 10.8 Å². The predicted molar refractivity (Wildman–Crippen MR) is 65.7 cm³/mol. The molecule has 0 heterocycles. The van der Waals surface area contributed by atoms with Gasteiger partial charge in [-0.1, -0.05) is 36.4 Å². The lowest BCUT2D eigenvalue weighted by atomic mass is 10.1. The maximum absolute atomic E-state index is 9.16. The second-order valence-electron chi connectivity index (χ2n) is 3.96. The SMILES string of the molecule is CC(O)CCOc1cccc2ccccc12. The van der Waals surface area contributed by atoms with Crippen molar-refractivity contribution in [3.05, 3.63) is 42.5 Å². The second kappa shape index (κ2) is 4.99. The molecule has 2 aromatic carbocycles. The molecule has 0 radical (unpaired) electrons. The lowest BCUT2D eigenvalue weighted by Crippen LogP contribution is -2.07. The first kappa shape index (κ1) is 11.0. The normalized spacial score (nSPS) is 12.6. The fourth-order valence-corrected chi connectivity index (χ4v) is 1.66. The van der Waals surface area contributed by atoms with Crippen LogP contribution in [0.2, 0.25) is 0 Å². The van der Waals surface area contributed by atoms with Gasteiger partial charge in [0, 0.05) is 11.8 Å². The molecule has 0 aliphatic carbocycles. The average molecular weight is 216 g/mol. The molecule has 2 nitrogen and oxygen atoms in total. The summed E-state index contributed by atoms with van der Waals surface area (Å²) in [5.41, 5.74) is 0. The van der Waals surface area contributed by atoms with E-state index in [0.717, 1.165) is 11.1 Å². The van der Waals surface area contributed by atoms with Crippen LogP contribution in [0.4, 0.5) is 0 Å². The Morgan fingerprint density at radius 1 is 1.12 bits per heavy atom. The van der Waals surface area contributed by atoms with Crippen LogP contribution in [0.1, 0.15) is 13.3 Å². The summed E-state index contributed by atoms with van der Waals surface area (Å²) in [5, 5.41) is 11.5. The molecule has 84 valence electrons. The van der Waals surface area contributed by atoms with Crippen molar-refractivity contribution in [1.82, 2.24) is 0 Å². The van der Waals surface area contributed by atoms with Crippen LogP contribution >= 0.6 is 0 Å². The van der Waals surface area contributed by atoms with Gasteiger partial charge in [0.15, 0.2) is 0 Å². The van der Waals surface area contributed by atoms with Gasteiger partial charge in [-0.25, -0.2) is 0 Å². The monoisotopic (exact) mass is 216 g/mol. The Morgan fingerprint density at radius 3 is 2.69 bits per heavy atom. The Balaban J connectivity index is 2.17. The number of fused-ring (bicyclic) bond motifs is 1. The average Bonchev–Trinajstić information content (AvgIpc) is 2.29. The highest BCUT2D eigenvalue weighted by Crippen LogP contribution is 2.25. The fraction of sp³-hybridized carbons (Fsp3) is 0.286. The van der Waals surface area contributed by atoms with Crippen LogP contribution in [0.3, 0.4) is 0 Å². The summed E-state index contributed by atoms with van der Waals surface area (Å²) in [4.78, 5) is 0. The molecule has 2 rings (SSSR count). The van der Waals surface area contributed by atoms with Crippen LogP contribution in [0.5, 0.6) is 5.75 Å². The first-order valence-corrected chi connectivity index (χ1v) is 5.56. The van der Waals surface area contributed by atoms with Gasteiger partial charge >= 0.3 is 0 Å². The van der Waals surface area contributed by atoms with Crippen LogP contribution in [0.25, 0.3) is 10.8 Å². The van der Waals surface area contributed by atoms with Crippen molar-refractivity contribution in [2.24, 2.45) is 0 Å². The molecular weight excluding hydrogens is 200 g/mol. The Labute approximate surface area is 95.5 Å². The first-order chi connectivity index (χ1) is 7.77. The molecule has 2 heteroatoms. The highest BCUT2D eigenvalue weighted by molar-refractivity contribution is 5.88. The van der Waals surface area contributed by atoms with Gasteiger partial charge in [0.2, 0.25) is 0 Å². The summed E-state index contributed by atoms with van der Waals surface area (Å²) >= 11 is 0. The minimum atomic E-state index is -0.310. The quantitative estimate of drug-likeness (QED) is 0.851. The molecule has 1 N–H and O–H groups in total. The fourth-order valence-electron chi connectivity index (χ4n) is 1.66. The van der Waals surface area contributed by atoms with Crippen molar-refractivity contribution in [2.75, 3.05) is 6.61 Å². The van der Waals surface area contributed by atoms with Crippen molar-refractivity contribution in [2.45, 2.75) is 19.4 Å².